The van der Waals surface area contributed by atoms with Gasteiger partial charge in [-0.05, 0) is 48.0 Å². The maximum absolute atomic E-state index is 14.1. The van der Waals surface area contributed by atoms with Crippen molar-refractivity contribution in [3.63, 3.8) is 0 Å². The molecule has 174 valence electrons. The lowest BCUT2D eigenvalue weighted by atomic mass is 10.0. The summed E-state index contributed by atoms with van der Waals surface area (Å²) in [6.45, 7) is 0. The first-order chi connectivity index (χ1) is 16.6. The van der Waals surface area contributed by atoms with Gasteiger partial charge in [0.25, 0.3) is 0 Å². The second-order valence-corrected chi connectivity index (χ2v) is 7.81. The Kier molecular flexibility index (Phi) is 5.06. The van der Waals surface area contributed by atoms with Crippen molar-refractivity contribution in [1.82, 2.24) is 9.55 Å². The van der Waals surface area contributed by atoms with Crippen molar-refractivity contribution in [3.8, 4) is 22.9 Å². The summed E-state index contributed by atoms with van der Waals surface area (Å²) in [6.07, 6.45) is -6.67. The van der Waals surface area contributed by atoms with Crippen LogP contribution in [0.3, 0.4) is 0 Å². The SMILES string of the molecule is N#Cc1ccc(-n2c3c(C(F)(F)F)cccc3c3cccc(C(F)(F)F)c32)cc1-c1ccncc1. The molecule has 0 N–H and O–H groups in total. The van der Waals surface area contributed by atoms with E-state index in [1.165, 1.54) is 54.9 Å². The van der Waals surface area contributed by atoms with Gasteiger partial charge in [0.2, 0.25) is 0 Å². The van der Waals surface area contributed by atoms with E-state index in [4.69, 9.17) is 0 Å². The molecule has 0 saturated carbocycles. The molecule has 35 heavy (non-hydrogen) atoms. The molecule has 5 rings (SSSR count). The van der Waals surface area contributed by atoms with Gasteiger partial charge in [-0.15, -0.1) is 0 Å². The zero-order valence-electron chi connectivity index (χ0n) is 17.6. The molecule has 0 unspecified atom stereocenters. The van der Waals surface area contributed by atoms with Crippen molar-refractivity contribution in [2.45, 2.75) is 12.4 Å². The number of benzene rings is 3. The smallest absolute Gasteiger partial charge is 0.308 e. The highest BCUT2D eigenvalue weighted by atomic mass is 19.4. The predicted octanol–water partition coefficient (Wildman–Crippen LogP) is 7.75. The van der Waals surface area contributed by atoms with E-state index in [1.54, 1.807) is 12.1 Å². The predicted molar refractivity (Wildman–Crippen MR) is 119 cm³/mol. The molecule has 0 saturated heterocycles. The van der Waals surface area contributed by atoms with Crippen molar-refractivity contribution in [2.75, 3.05) is 0 Å². The molecular formula is C26H13F6N3. The van der Waals surface area contributed by atoms with Crippen LogP contribution in [0.4, 0.5) is 26.3 Å². The number of fused-ring (bicyclic) bond motifs is 3. The van der Waals surface area contributed by atoms with Crippen LogP contribution in [-0.2, 0) is 12.4 Å². The Morgan fingerprint density at radius 2 is 1.26 bits per heavy atom. The first kappa shape index (κ1) is 22.5. The summed E-state index contributed by atoms with van der Waals surface area (Å²) in [5.41, 5.74) is -1.72. The Hall–Kier alpha value is -4.32. The number of pyridine rings is 1. The van der Waals surface area contributed by atoms with Crippen molar-refractivity contribution < 1.29 is 26.3 Å². The van der Waals surface area contributed by atoms with Gasteiger partial charge in [-0.3, -0.25) is 4.98 Å². The first-order valence-electron chi connectivity index (χ1n) is 10.3. The number of rotatable bonds is 2. The van der Waals surface area contributed by atoms with E-state index in [9.17, 15) is 31.6 Å². The van der Waals surface area contributed by atoms with E-state index in [1.807, 2.05) is 6.07 Å². The lowest BCUT2D eigenvalue weighted by molar-refractivity contribution is -0.136. The zero-order chi connectivity index (χ0) is 25.0. The number of hydrogen-bond donors (Lipinski definition) is 0. The van der Waals surface area contributed by atoms with Crippen LogP contribution in [0.25, 0.3) is 38.6 Å². The lowest BCUT2D eigenvalue weighted by Gasteiger charge is -2.17. The normalized spacial score (nSPS) is 12.3. The summed E-state index contributed by atoms with van der Waals surface area (Å²) < 4.78 is 85.3. The largest absolute Gasteiger partial charge is 0.418 e. The fourth-order valence-corrected chi connectivity index (χ4v) is 4.37. The summed E-state index contributed by atoms with van der Waals surface area (Å²) >= 11 is 0. The third kappa shape index (κ3) is 3.67. The molecule has 0 spiro atoms. The highest BCUT2D eigenvalue weighted by molar-refractivity contribution is 6.11. The molecule has 0 amide bonds. The number of halogens is 6. The van der Waals surface area contributed by atoms with Crippen molar-refractivity contribution in [3.05, 3.63) is 95.8 Å². The number of aromatic nitrogens is 2. The highest BCUT2D eigenvalue weighted by Crippen LogP contribution is 2.44. The quantitative estimate of drug-likeness (QED) is 0.242. The van der Waals surface area contributed by atoms with E-state index in [0.717, 1.165) is 16.7 Å². The molecule has 0 aliphatic heterocycles. The fourth-order valence-electron chi connectivity index (χ4n) is 4.37. The molecule has 2 aromatic heterocycles. The van der Waals surface area contributed by atoms with Crippen molar-refractivity contribution in [1.29, 1.82) is 5.26 Å². The van der Waals surface area contributed by atoms with Gasteiger partial charge in [-0.2, -0.15) is 31.6 Å². The maximum atomic E-state index is 14.1. The van der Waals surface area contributed by atoms with E-state index >= 15 is 0 Å². The van der Waals surface area contributed by atoms with Crippen LogP contribution in [0.5, 0.6) is 0 Å². The van der Waals surface area contributed by atoms with E-state index in [2.05, 4.69) is 4.98 Å². The molecule has 3 aromatic carbocycles. The molecule has 9 heteroatoms. The molecule has 0 bridgehead atoms. The summed E-state index contributed by atoms with van der Waals surface area (Å²) in [7, 11) is 0. The topological polar surface area (TPSA) is 41.6 Å². The molecule has 3 nitrogen and oxygen atoms in total. The summed E-state index contributed by atoms with van der Waals surface area (Å²) in [5.74, 6) is 0. The third-order valence-electron chi connectivity index (χ3n) is 5.79. The van der Waals surface area contributed by atoms with Crippen LogP contribution in [0.2, 0.25) is 0 Å². The Labute approximate surface area is 194 Å². The van der Waals surface area contributed by atoms with Gasteiger partial charge in [-0.1, -0.05) is 24.3 Å². The average Bonchev–Trinajstić information content (AvgIpc) is 3.17. The minimum atomic E-state index is -4.81. The summed E-state index contributed by atoms with van der Waals surface area (Å²) in [4.78, 5) is 3.92. The van der Waals surface area contributed by atoms with Crippen LogP contribution >= 0.6 is 0 Å². The number of alkyl halides is 6. The number of hydrogen-bond acceptors (Lipinski definition) is 2. The minimum Gasteiger partial charge on any atom is -0.308 e. The van der Waals surface area contributed by atoms with Gasteiger partial charge in [0.15, 0.2) is 0 Å². The van der Waals surface area contributed by atoms with Crippen molar-refractivity contribution in [2.24, 2.45) is 0 Å². The van der Waals surface area contributed by atoms with Crippen LogP contribution < -0.4 is 0 Å². The molecular weight excluding hydrogens is 468 g/mol. The lowest BCUT2D eigenvalue weighted by Crippen LogP contribution is -2.10. The van der Waals surface area contributed by atoms with E-state index < -0.39 is 34.5 Å². The van der Waals surface area contributed by atoms with Gasteiger partial charge in [0.05, 0.1) is 33.8 Å². The van der Waals surface area contributed by atoms with Gasteiger partial charge < -0.3 is 4.57 Å². The van der Waals surface area contributed by atoms with Crippen molar-refractivity contribution >= 4 is 21.8 Å². The zero-order valence-corrected chi connectivity index (χ0v) is 17.6. The first-order valence-corrected chi connectivity index (χ1v) is 10.3. The summed E-state index contributed by atoms with van der Waals surface area (Å²) in [6, 6.07) is 16.2. The van der Waals surface area contributed by atoms with Gasteiger partial charge in [0.1, 0.15) is 0 Å². The Morgan fingerprint density at radius 1 is 0.714 bits per heavy atom. The standard InChI is InChI=1S/C26H13F6N3/c27-25(28,29)21-5-1-3-18-19-4-2-6-22(26(30,31)32)24(19)35(23(18)21)17-8-7-16(14-33)20(13-17)15-9-11-34-12-10-15/h1-13H. The highest BCUT2D eigenvalue weighted by Gasteiger charge is 2.38. The van der Waals surface area contributed by atoms with Crippen LogP contribution in [0, 0.1) is 11.3 Å². The van der Waals surface area contributed by atoms with Gasteiger partial charge >= 0.3 is 12.4 Å². The monoisotopic (exact) mass is 481 g/mol. The van der Waals surface area contributed by atoms with Gasteiger partial charge in [0, 0.05) is 34.4 Å². The number of nitriles is 1. The maximum Gasteiger partial charge on any atom is 0.418 e. The molecule has 0 atom stereocenters. The van der Waals surface area contributed by atoms with E-state index in [0.29, 0.717) is 11.1 Å². The fraction of sp³-hybridized carbons (Fsp3) is 0.0769. The Bertz CT molecular complexity index is 1550. The molecule has 2 heterocycles. The van der Waals surface area contributed by atoms with E-state index in [-0.39, 0.29) is 22.0 Å². The van der Waals surface area contributed by atoms with Crippen LogP contribution in [0.15, 0.2) is 79.1 Å². The minimum absolute atomic E-state index is 0.0377. The third-order valence-corrected chi connectivity index (χ3v) is 5.79. The number of nitrogens with zero attached hydrogens (tertiary/aromatic N) is 3. The number of para-hydroxylation sites is 2. The van der Waals surface area contributed by atoms with Crippen LogP contribution in [-0.4, -0.2) is 9.55 Å². The second-order valence-electron chi connectivity index (χ2n) is 7.81. The molecule has 5 aromatic rings. The van der Waals surface area contributed by atoms with Gasteiger partial charge in [-0.25, -0.2) is 0 Å². The molecule has 0 aliphatic carbocycles. The molecule has 0 radical (unpaired) electrons. The Morgan fingerprint density at radius 3 is 1.74 bits per heavy atom. The van der Waals surface area contributed by atoms with Crippen LogP contribution in [0.1, 0.15) is 16.7 Å². The Balaban J connectivity index is 1.98. The average molecular weight is 481 g/mol. The summed E-state index contributed by atoms with van der Waals surface area (Å²) in [5, 5.41) is 9.65. The molecule has 0 aliphatic rings. The molecule has 0 fully saturated rings. The second kappa shape index (κ2) is 7.87.